The number of hydrogen-bond donors (Lipinski definition) is 2. The fraction of sp³-hybridized carbons (Fsp3) is 0.389. The molecule has 1 aromatic carbocycles. The highest BCUT2D eigenvalue weighted by Gasteiger charge is 2.18. The smallest absolute Gasteiger partial charge is 0.321 e. The maximum Gasteiger partial charge on any atom is 0.321 e. The minimum Gasteiger partial charge on any atom is -0.335 e. The maximum absolute atomic E-state index is 12.0. The van der Waals surface area contributed by atoms with Gasteiger partial charge in [0.1, 0.15) is 0 Å². The van der Waals surface area contributed by atoms with Gasteiger partial charge in [0, 0.05) is 23.5 Å². The number of halogens is 1. The Bertz CT molecular complexity index is 802. The number of urea groups is 1. The molecular weight excluding hydrogens is 372 g/mol. The summed E-state index contributed by atoms with van der Waals surface area (Å²) in [5, 5.41) is 6.56. The van der Waals surface area contributed by atoms with E-state index in [1.165, 1.54) is 11.8 Å². The largest absolute Gasteiger partial charge is 0.335 e. The van der Waals surface area contributed by atoms with Crippen molar-refractivity contribution < 1.29 is 9.59 Å². The quantitative estimate of drug-likeness (QED) is 0.761. The lowest BCUT2D eigenvalue weighted by Gasteiger charge is -2.13. The number of nitrogens with one attached hydrogen (secondary N) is 2. The third-order valence-electron chi connectivity index (χ3n) is 4.38. The number of thioether (sulfide) groups is 1. The average Bonchev–Trinajstić information content (AvgIpc) is 3.27. The molecule has 0 spiro atoms. The van der Waals surface area contributed by atoms with Crippen LogP contribution in [0.25, 0.3) is 5.69 Å². The van der Waals surface area contributed by atoms with Gasteiger partial charge in [0.15, 0.2) is 5.16 Å². The van der Waals surface area contributed by atoms with E-state index in [0.717, 1.165) is 36.9 Å². The summed E-state index contributed by atoms with van der Waals surface area (Å²) in [4.78, 5) is 28.2. The number of benzene rings is 1. The van der Waals surface area contributed by atoms with Crippen molar-refractivity contribution in [2.45, 2.75) is 43.8 Å². The van der Waals surface area contributed by atoms with Crippen LogP contribution in [0.4, 0.5) is 4.79 Å². The van der Waals surface area contributed by atoms with Crippen LogP contribution in [0.5, 0.6) is 0 Å². The van der Waals surface area contributed by atoms with Crippen LogP contribution in [0.3, 0.4) is 0 Å². The van der Waals surface area contributed by atoms with E-state index < -0.39 is 6.03 Å². The van der Waals surface area contributed by atoms with Crippen LogP contribution in [0, 0.1) is 6.92 Å². The fourth-order valence-electron chi connectivity index (χ4n) is 3.02. The van der Waals surface area contributed by atoms with Crippen molar-refractivity contribution in [3.8, 4) is 5.69 Å². The molecule has 1 heterocycles. The van der Waals surface area contributed by atoms with Gasteiger partial charge in [0.25, 0.3) is 0 Å². The summed E-state index contributed by atoms with van der Waals surface area (Å²) in [7, 11) is 0. The van der Waals surface area contributed by atoms with Crippen molar-refractivity contribution in [3.63, 3.8) is 0 Å². The molecule has 6 nitrogen and oxygen atoms in total. The number of carbonyl (C=O) groups excluding carboxylic acids is 2. The first kappa shape index (κ1) is 18.8. The summed E-state index contributed by atoms with van der Waals surface area (Å²) in [5.74, 6) is -0.239. The summed E-state index contributed by atoms with van der Waals surface area (Å²) in [6.07, 6.45) is 7.71. The first-order valence-electron chi connectivity index (χ1n) is 8.56. The number of imidazole rings is 1. The number of amides is 3. The number of hydrogen-bond acceptors (Lipinski definition) is 4. The van der Waals surface area contributed by atoms with Gasteiger partial charge < -0.3 is 5.32 Å². The summed E-state index contributed by atoms with van der Waals surface area (Å²) in [5.41, 5.74) is 1.85. The average molecular weight is 393 g/mol. The van der Waals surface area contributed by atoms with Crippen molar-refractivity contribution in [1.82, 2.24) is 20.2 Å². The Morgan fingerprint density at radius 1 is 1.35 bits per heavy atom. The maximum atomic E-state index is 12.0. The SMILES string of the molecule is Cc1c(Cl)cccc1-n1ccnc1SCC(=O)NC(=O)NC1CCCC1. The van der Waals surface area contributed by atoms with E-state index in [0.29, 0.717) is 10.2 Å². The van der Waals surface area contributed by atoms with Gasteiger partial charge in [-0.3, -0.25) is 14.7 Å². The number of aromatic nitrogens is 2. The van der Waals surface area contributed by atoms with Crippen LogP contribution in [0.2, 0.25) is 5.02 Å². The van der Waals surface area contributed by atoms with E-state index in [-0.39, 0.29) is 17.7 Å². The molecule has 0 saturated heterocycles. The van der Waals surface area contributed by atoms with Crippen LogP contribution >= 0.6 is 23.4 Å². The van der Waals surface area contributed by atoms with E-state index in [2.05, 4.69) is 15.6 Å². The first-order chi connectivity index (χ1) is 12.5. The van der Waals surface area contributed by atoms with E-state index in [9.17, 15) is 9.59 Å². The van der Waals surface area contributed by atoms with E-state index in [4.69, 9.17) is 11.6 Å². The zero-order valence-electron chi connectivity index (χ0n) is 14.5. The van der Waals surface area contributed by atoms with Crippen molar-refractivity contribution in [2.75, 3.05) is 5.75 Å². The van der Waals surface area contributed by atoms with Gasteiger partial charge in [-0.25, -0.2) is 9.78 Å². The van der Waals surface area contributed by atoms with Crippen molar-refractivity contribution in [1.29, 1.82) is 0 Å². The van der Waals surface area contributed by atoms with Crippen molar-refractivity contribution >= 4 is 35.3 Å². The van der Waals surface area contributed by atoms with Crippen LogP contribution < -0.4 is 10.6 Å². The fourth-order valence-corrected chi connectivity index (χ4v) is 3.96. The second-order valence-electron chi connectivity index (χ2n) is 6.26. The first-order valence-corrected chi connectivity index (χ1v) is 9.93. The lowest BCUT2D eigenvalue weighted by molar-refractivity contribution is -0.117. The predicted molar refractivity (Wildman–Crippen MR) is 103 cm³/mol. The van der Waals surface area contributed by atoms with E-state index in [1.807, 2.05) is 35.9 Å². The predicted octanol–water partition coefficient (Wildman–Crippen LogP) is 3.69. The van der Waals surface area contributed by atoms with Gasteiger partial charge >= 0.3 is 6.03 Å². The third-order valence-corrected chi connectivity index (χ3v) is 5.76. The highest BCUT2D eigenvalue weighted by atomic mass is 35.5. The molecule has 2 N–H and O–H groups in total. The molecule has 8 heteroatoms. The summed E-state index contributed by atoms with van der Waals surface area (Å²) < 4.78 is 1.89. The van der Waals surface area contributed by atoms with Crippen LogP contribution in [0.1, 0.15) is 31.2 Å². The van der Waals surface area contributed by atoms with Crippen LogP contribution in [-0.4, -0.2) is 33.3 Å². The van der Waals surface area contributed by atoms with Crippen LogP contribution in [0.15, 0.2) is 35.7 Å². The van der Waals surface area contributed by atoms with Gasteiger partial charge in [-0.05, 0) is 37.5 Å². The monoisotopic (exact) mass is 392 g/mol. The summed E-state index contributed by atoms with van der Waals surface area (Å²) >= 11 is 7.46. The van der Waals surface area contributed by atoms with E-state index in [1.54, 1.807) is 6.20 Å². The highest BCUT2D eigenvalue weighted by Crippen LogP contribution is 2.26. The third kappa shape index (κ3) is 4.59. The Morgan fingerprint density at radius 2 is 2.12 bits per heavy atom. The molecule has 1 fully saturated rings. The summed E-state index contributed by atoms with van der Waals surface area (Å²) in [6.45, 7) is 1.94. The minimum atomic E-state index is -0.420. The molecule has 1 aliphatic rings. The second-order valence-corrected chi connectivity index (χ2v) is 7.61. The number of rotatable bonds is 5. The number of nitrogens with zero attached hydrogens (tertiary/aromatic N) is 2. The van der Waals surface area contributed by atoms with Crippen molar-refractivity contribution in [2.24, 2.45) is 0 Å². The Kier molecular flexibility index (Phi) is 6.21. The molecule has 3 amide bonds. The Morgan fingerprint density at radius 3 is 2.88 bits per heavy atom. The molecule has 2 aromatic rings. The van der Waals surface area contributed by atoms with Gasteiger partial charge in [0.2, 0.25) is 5.91 Å². The van der Waals surface area contributed by atoms with Gasteiger partial charge in [-0.1, -0.05) is 42.3 Å². The van der Waals surface area contributed by atoms with E-state index >= 15 is 0 Å². The number of carbonyl (C=O) groups is 2. The Hall–Kier alpha value is -1.99. The molecule has 0 aliphatic heterocycles. The Labute approximate surface area is 161 Å². The highest BCUT2D eigenvalue weighted by molar-refractivity contribution is 7.99. The molecule has 3 rings (SSSR count). The second kappa shape index (κ2) is 8.60. The standard InChI is InChI=1S/C18H21ClN4O2S/c1-12-14(19)7-4-8-15(12)23-10-9-20-18(23)26-11-16(24)22-17(25)21-13-5-2-3-6-13/h4,7-10,13H,2-3,5-6,11H2,1H3,(H2,21,22,24,25). The zero-order chi connectivity index (χ0) is 18.5. The molecule has 0 unspecified atom stereocenters. The van der Waals surface area contributed by atoms with Gasteiger partial charge in [-0.15, -0.1) is 0 Å². The molecule has 0 radical (unpaired) electrons. The molecule has 26 heavy (non-hydrogen) atoms. The topological polar surface area (TPSA) is 76.0 Å². The lowest BCUT2D eigenvalue weighted by Crippen LogP contribution is -2.44. The Balaban J connectivity index is 1.57. The minimum absolute atomic E-state index is 0.106. The summed E-state index contributed by atoms with van der Waals surface area (Å²) in [6, 6.07) is 5.42. The van der Waals surface area contributed by atoms with Crippen LogP contribution in [-0.2, 0) is 4.79 Å². The molecule has 1 saturated carbocycles. The molecule has 0 bridgehead atoms. The molecule has 0 atom stereocenters. The van der Waals surface area contributed by atoms with Crippen molar-refractivity contribution in [3.05, 3.63) is 41.2 Å². The lowest BCUT2D eigenvalue weighted by atomic mass is 10.2. The van der Waals surface area contributed by atoms with Gasteiger partial charge in [0.05, 0.1) is 11.4 Å². The normalized spacial score (nSPS) is 14.4. The van der Waals surface area contributed by atoms with Gasteiger partial charge in [-0.2, -0.15) is 0 Å². The number of imide groups is 1. The molecule has 1 aliphatic carbocycles. The molecular formula is C18H21ClN4O2S. The molecule has 138 valence electrons. The zero-order valence-corrected chi connectivity index (χ0v) is 16.1. The molecule has 1 aromatic heterocycles.